The predicted molar refractivity (Wildman–Crippen MR) is 99.6 cm³/mol. The summed E-state index contributed by atoms with van der Waals surface area (Å²) in [4.78, 5) is 23.1. The number of hydrogen-bond donors (Lipinski definition) is 1. The van der Waals surface area contributed by atoms with E-state index >= 15 is 0 Å². The van der Waals surface area contributed by atoms with Crippen LogP contribution in [0, 0.1) is 0 Å². The van der Waals surface area contributed by atoms with Gasteiger partial charge in [-0.3, -0.25) is 14.7 Å². The summed E-state index contributed by atoms with van der Waals surface area (Å²) in [6.45, 7) is 1.24. The van der Waals surface area contributed by atoms with E-state index in [1.807, 2.05) is 31.3 Å². The van der Waals surface area contributed by atoms with Crippen LogP contribution in [0.3, 0.4) is 0 Å². The highest BCUT2D eigenvalue weighted by atomic mass is 16.5. The van der Waals surface area contributed by atoms with Gasteiger partial charge in [0.15, 0.2) is 0 Å². The lowest BCUT2D eigenvalue weighted by molar-refractivity contribution is -0.126. The number of amides is 1. The van der Waals surface area contributed by atoms with Crippen molar-refractivity contribution in [2.75, 3.05) is 13.6 Å². The summed E-state index contributed by atoms with van der Waals surface area (Å²) in [5.41, 5.74) is 3.34. The van der Waals surface area contributed by atoms with E-state index in [4.69, 9.17) is 4.52 Å². The first-order valence-electron chi connectivity index (χ1n) is 8.98. The number of hydrogen-bond acceptors (Lipinski definition) is 6. The number of nitrogens with one attached hydrogen (secondary N) is 1. The Kier molecular flexibility index (Phi) is 4.93. The third kappa shape index (κ3) is 3.88. The highest BCUT2D eigenvalue weighted by Gasteiger charge is 2.28. The van der Waals surface area contributed by atoms with Crippen molar-refractivity contribution in [2.45, 2.75) is 25.4 Å². The molecule has 3 heterocycles. The fraction of sp³-hybridized carbons (Fsp3) is 0.300. The van der Waals surface area contributed by atoms with Crippen molar-refractivity contribution < 1.29 is 9.32 Å². The minimum atomic E-state index is -0.159. The number of benzene rings is 1. The van der Waals surface area contributed by atoms with Gasteiger partial charge in [0.05, 0.1) is 6.04 Å². The molecule has 1 aromatic carbocycles. The molecule has 1 N–H and O–H groups in total. The van der Waals surface area contributed by atoms with Crippen molar-refractivity contribution in [3.63, 3.8) is 0 Å². The van der Waals surface area contributed by atoms with Gasteiger partial charge in [-0.25, -0.2) is 0 Å². The van der Waals surface area contributed by atoms with Crippen LogP contribution in [0.15, 0.2) is 53.3 Å². The topological polar surface area (TPSA) is 84.2 Å². The van der Waals surface area contributed by atoms with E-state index in [-0.39, 0.29) is 11.9 Å². The molecule has 0 radical (unpaired) electrons. The molecule has 0 bridgehead atoms. The Labute approximate surface area is 157 Å². The SMILES string of the molecule is CN1Cc2ccccc2C[C@H]1C(=O)NCCc1nc(-c2cccnc2)no1. The van der Waals surface area contributed by atoms with Gasteiger partial charge < -0.3 is 9.84 Å². The molecule has 27 heavy (non-hydrogen) atoms. The zero-order chi connectivity index (χ0) is 18.6. The zero-order valence-electron chi connectivity index (χ0n) is 15.1. The van der Waals surface area contributed by atoms with Gasteiger partial charge >= 0.3 is 0 Å². The summed E-state index contributed by atoms with van der Waals surface area (Å²) >= 11 is 0. The Balaban J connectivity index is 1.32. The standard InChI is InChI=1S/C20H21N5O2/c1-25-13-16-6-3-2-5-14(16)11-17(25)20(26)22-10-8-18-23-19(24-27-18)15-7-4-9-21-12-15/h2-7,9,12,17H,8,10-11,13H2,1H3,(H,22,26)/t17-/m0/s1. The number of fused-ring (bicyclic) bond motifs is 1. The van der Waals surface area contributed by atoms with Crippen LogP contribution in [-0.4, -0.2) is 45.6 Å². The second-order valence-electron chi connectivity index (χ2n) is 6.70. The van der Waals surface area contributed by atoms with Crippen LogP contribution >= 0.6 is 0 Å². The maximum absolute atomic E-state index is 12.6. The van der Waals surface area contributed by atoms with Crippen LogP contribution in [0.1, 0.15) is 17.0 Å². The zero-order valence-corrected chi connectivity index (χ0v) is 15.1. The first kappa shape index (κ1) is 17.4. The molecule has 1 aliphatic heterocycles. The second kappa shape index (κ2) is 7.67. The molecule has 1 aliphatic rings. The molecule has 0 spiro atoms. The summed E-state index contributed by atoms with van der Waals surface area (Å²) in [6, 6.07) is 11.8. The van der Waals surface area contributed by atoms with E-state index in [1.54, 1.807) is 12.4 Å². The minimum Gasteiger partial charge on any atom is -0.354 e. The van der Waals surface area contributed by atoms with Gasteiger partial charge in [0.25, 0.3) is 0 Å². The second-order valence-corrected chi connectivity index (χ2v) is 6.70. The molecule has 138 valence electrons. The molecular weight excluding hydrogens is 342 g/mol. The monoisotopic (exact) mass is 363 g/mol. The van der Waals surface area contributed by atoms with Crippen LogP contribution in [-0.2, 0) is 24.2 Å². The fourth-order valence-corrected chi connectivity index (χ4v) is 3.33. The van der Waals surface area contributed by atoms with Crippen LogP contribution in [0.4, 0.5) is 0 Å². The minimum absolute atomic E-state index is 0.0269. The lowest BCUT2D eigenvalue weighted by Crippen LogP contribution is -2.48. The Bertz CT molecular complexity index is 925. The van der Waals surface area contributed by atoms with Crippen molar-refractivity contribution in [3.05, 3.63) is 65.8 Å². The van der Waals surface area contributed by atoms with Crippen LogP contribution < -0.4 is 5.32 Å². The number of carbonyl (C=O) groups is 1. The van der Waals surface area contributed by atoms with Crippen LogP contribution in [0.5, 0.6) is 0 Å². The smallest absolute Gasteiger partial charge is 0.237 e. The van der Waals surface area contributed by atoms with Crippen molar-refractivity contribution in [3.8, 4) is 11.4 Å². The van der Waals surface area contributed by atoms with E-state index in [2.05, 4.69) is 37.5 Å². The van der Waals surface area contributed by atoms with Crippen LogP contribution in [0.2, 0.25) is 0 Å². The summed E-state index contributed by atoms with van der Waals surface area (Å²) in [5.74, 6) is 1.03. The van der Waals surface area contributed by atoms with E-state index in [1.165, 1.54) is 11.1 Å². The van der Waals surface area contributed by atoms with Gasteiger partial charge in [-0.05, 0) is 36.7 Å². The van der Waals surface area contributed by atoms with E-state index in [9.17, 15) is 4.79 Å². The maximum Gasteiger partial charge on any atom is 0.237 e. The first-order chi connectivity index (χ1) is 13.2. The largest absolute Gasteiger partial charge is 0.354 e. The van der Waals surface area contributed by atoms with Gasteiger partial charge in [-0.15, -0.1) is 0 Å². The normalized spacial score (nSPS) is 16.7. The lowest BCUT2D eigenvalue weighted by atomic mass is 9.94. The van der Waals surface area contributed by atoms with E-state index in [0.717, 1.165) is 18.5 Å². The van der Waals surface area contributed by atoms with E-state index < -0.39 is 0 Å². The number of rotatable bonds is 5. The predicted octanol–water partition coefficient (Wildman–Crippen LogP) is 1.85. The van der Waals surface area contributed by atoms with Crippen molar-refractivity contribution >= 4 is 5.91 Å². The summed E-state index contributed by atoms with van der Waals surface area (Å²) in [5, 5.41) is 6.95. The number of nitrogens with zero attached hydrogens (tertiary/aromatic N) is 4. The fourth-order valence-electron chi connectivity index (χ4n) is 3.33. The molecule has 1 atom stereocenters. The Morgan fingerprint density at radius 2 is 2.11 bits per heavy atom. The molecular formula is C20H21N5O2. The van der Waals surface area contributed by atoms with Gasteiger partial charge in [0.1, 0.15) is 0 Å². The first-order valence-corrected chi connectivity index (χ1v) is 8.98. The van der Waals surface area contributed by atoms with Crippen molar-refractivity contribution in [1.29, 1.82) is 0 Å². The van der Waals surface area contributed by atoms with Gasteiger partial charge in [-0.1, -0.05) is 29.4 Å². The summed E-state index contributed by atoms with van der Waals surface area (Å²) in [7, 11) is 1.98. The average Bonchev–Trinajstić information content (AvgIpc) is 3.17. The molecule has 0 saturated carbocycles. The molecule has 7 heteroatoms. The summed E-state index contributed by atoms with van der Waals surface area (Å²) in [6.07, 6.45) is 4.60. The highest BCUT2D eigenvalue weighted by Crippen LogP contribution is 2.22. The number of aromatic nitrogens is 3. The van der Waals surface area contributed by atoms with Gasteiger partial charge in [0.2, 0.25) is 17.6 Å². The molecule has 4 rings (SSSR count). The quantitative estimate of drug-likeness (QED) is 0.745. The molecule has 1 amide bonds. The Morgan fingerprint density at radius 1 is 1.26 bits per heavy atom. The molecule has 3 aromatic rings. The van der Waals surface area contributed by atoms with Crippen molar-refractivity contribution in [2.24, 2.45) is 0 Å². The summed E-state index contributed by atoms with van der Waals surface area (Å²) < 4.78 is 5.26. The average molecular weight is 363 g/mol. The van der Waals surface area contributed by atoms with E-state index in [0.29, 0.717) is 24.7 Å². The Morgan fingerprint density at radius 3 is 2.93 bits per heavy atom. The Hall–Kier alpha value is -3.06. The molecule has 0 unspecified atom stereocenters. The number of likely N-dealkylation sites (N-methyl/N-ethyl adjacent to an activating group) is 1. The van der Waals surface area contributed by atoms with Gasteiger partial charge in [-0.2, -0.15) is 4.98 Å². The third-order valence-electron chi connectivity index (χ3n) is 4.81. The molecule has 0 saturated heterocycles. The van der Waals surface area contributed by atoms with Gasteiger partial charge in [0, 0.05) is 37.5 Å². The molecule has 0 aliphatic carbocycles. The maximum atomic E-state index is 12.6. The molecule has 2 aromatic heterocycles. The third-order valence-corrected chi connectivity index (χ3v) is 4.81. The lowest BCUT2D eigenvalue weighted by Gasteiger charge is -2.33. The van der Waals surface area contributed by atoms with Crippen LogP contribution in [0.25, 0.3) is 11.4 Å². The number of pyridine rings is 1. The molecule has 0 fully saturated rings. The van der Waals surface area contributed by atoms with Crippen molar-refractivity contribution in [1.82, 2.24) is 25.3 Å². The molecule has 7 nitrogen and oxygen atoms in total. The number of carbonyl (C=O) groups excluding carboxylic acids is 1. The highest BCUT2D eigenvalue weighted by molar-refractivity contribution is 5.82.